The zero-order valence-corrected chi connectivity index (χ0v) is 19.5. The molecule has 0 spiro atoms. The number of carbonyl (C=O) groups excluding carboxylic acids is 1. The van der Waals surface area contributed by atoms with Crippen LogP contribution in [0.5, 0.6) is 0 Å². The van der Waals surface area contributed by atoms with Gasteiger partial charge in [-0.05, 0) is 48.7 Å². The number of sulfonamides is 1. The highest BCUT2D eigenvalue weighted by molar-refractivity contribution is 7.89. The molecule has 32 heavy (non-hydrogen) atoms. The molecule has 4 rings (SSSR count). The summed E-state index contributed by atoms with van der Waals surface area (Å²) in [7, 11) is -3.83. The van der Waals surface area contributed by atoms with Gasteiger partial charge in [0.25, 0.3) is 5.91 Å². The first kappa shape index (κ1) is 22.8. The monoisotopic (exact) mass is 494 g/mol. The van der Waals surface area contributed by atoms with Crippen molar-refractivity contribution >= 4 is 44.0 Å². The zero-order chi connectivity index (χ0) is 22.9. The average molecular weight is 495 g/mol. The maximum Gasteiger partial charge on any atom is 0.260 e. The van der Waals surface area contributed by atoms with E-state index in [4.69, 9.17) is 11.6 Å². The number of rotatable bonds is 7. The molecule has 3 aromatic rings. The van der Waals surface area contributed by atoms with E-state index < -0.39 is 27.3 Å². The number of halogens is 2. The van der Waals surface area contributed by atoms with Gasteiger partial charge in [-0.1, -0.05) is 48.4 Å². The lowest BCUT2D eigenvalue weighted by atomic mass is 9.65. The van der Waals surface area contributed by atoms with Crippen molar-refractivity contribution < 1.29 is 17.6 Å². The summed E-state index contributed by atoms with van der Waals surface area (Å²) in [6, 6.07) is 10.7. The molecule has 1 aliphatic carbocycles. The lowest BCUT2D eigenvalue weighted by molar-refractivity contribution is 0.102. The Hall–Kier alpha value is -2.40. The summed E-state index contributed by atoms with van der Waals surface area (Å²) >= 11 is 7.23. The Morgan fingerprint density at radius 1 is 1.19 bits per heavy atom. The summed E-state index contributed by atoms with van der Waals surface area (Å²) in [5, 5.41) is 12.5. The summed E-state index contributed by atoms with van der Waals surface area (Å²) in [6.07, 6.45) is 2.84. The number of hydrogen-bond donors (Lipinski definition) is 2. The molecule has 1 aliphatic rings. The van der Waals surface area contributed by atoms with Crippen LogP contribution >= 0.6 is 22.9 Å². The van der Waals surface area contributed by atoms with Crippen molar-refractivity contribution in [3.8, 4) is 0 Å². The van der Waals surface area contributed by atoms with Gasteiger partial charge in [0.2, 0.25) is 15.2 Å². The number of anilines is 1. The van der Waals surface area contributed by atoms with E-state index in [1.807, 2.05) is 24.3 Å². The fraction of sp³-hybridized carbons (Fsp3) is 0.286. The van der Waals surface area contributed by atoms with E-state index in [9.17, 15) is 17.6 Å². The van der Waals surface area contributed by atoms with Gasteiger partial charge in [0, 0.05) is 17.0 Å². The van der Waals surface area contributed by atoms with Gasteiger partial charge in [0.1, 0.15) is 10.8 Å². The fourth-order valence-electron chi connectivity index (χ4n) is 3.68. The normalized spacial score (nSPS) is 15.2. The number of carbonyl (C=O) groups is 1. The van der Waals surface area contributed by atoms with Crippen molar-refractivity contribution in [2.24, 2.45) is 0 Å². The van der Waals surface area contributed by atoms with Crippen LogP contribution in [0.25, 0.3) is 0 Å². The molecular formula is C21H20ClFN4O3S2. The van der Waals surface area contributed by atoms with Gasteiger partial charge in [-0.3, -0.25) is 10.1 Å². The van der Waals surface area contributed by atoms with E-state index >= 15 is 0 Å². The molecule has 1 fully saturated rings. The molecule has 0 bridgehead atoms. The molecular weight excluding hydrogens is 475 g/mol. The number of amides is 1. The topological polar surface area (TPSA) is 101 Å². The van der Waals surface area contributed by atoms with Crippen LogP contribution in [0, 0.1) is 5.82 Å². The smallest absolute Gasteiger partial charge is 0.260 e. The van der Waals surface area contributed by atoms with Crippen molar-refractivity contribution in [3.05, 3.63) is 69.4 Å². The van der Waals surface area contributed by atoms with Gasteiger partial charge < -0.3 is 0 Å². The summed E-state index contributed by atoms with van der Waals surface area (Å²) < 4.78 is 41.0. The maximum absolute atomic E-state index is 14.3. The Kier molecular flexibility index (Phi) is 6.30. The molecule has 1 heterocycles. The number of aromatic nitrogens is 2. The molecule has 168 valence electrons. The van der Waals surface area contributed by atoms with Crippen molar-refractivity contribution in [1.29, 1.82) is 0 Å². The molecule has 1 aromatic heterocycles. The minimum atomic E-state index is -3.83. The van der Waals surface area contributed by atoms with Crippen LogP contribution in [0.15, 0.2) is 47.4 Å². The van der Waals surface area contributed by atoms with Gasteiger partial charge >= 0.3 is 0 Å². The largest absolute Gasteiger partial charge is 0.296 e. The van der Waals surface area contributed by atoms with Crippen molar-refractivity contribution in [2.45, 2.75) is 36.5 Å². The second-order valence-corrected chi connectivity index (χ2v) is 10.6. The molecule has 0 unspecified atom stereocenters. The van der Waals surface area contributed by atoms with Crippen molar-refractivity contribution in [3.63, 3.8) is 0 Å². The van der Waals surface area contributed by atoms with Crippen molar-refractivity contribution in [2.75, 3.05) is 11.9 Å². The van der Waals surface area contributed by atoms with Crippen LogP contribution < -0.4 is 10.0 Å². The predicted octanol–water partition coefficient (Wildman–Crippen LogP) is 4.35. The van der Waals surface area contributed by atoms with Gasteiger partial charge in [0.15, 0.2) is 0 Å². The highest BCUT2D eigenvalue weighted by atomic mass is 35.5. The lowest BCUT2D eigenvalue weighted by Gasteiger charge is -2.40. The first-order chi connectivity index (χ1) is 15.2. The van der Waals surface area contributed by atoms with E-state index in [1.54, 1.807) is 6.92 Å². The van der Waals surface area contributed by atoms with Crippen LogP contribution in [0.2, 0.25) is 5.02 Å². The quantitative estimate of drug-likeness (QED) is 0.508. The second-order valence-electron chi connectivity index (χ2n) is 7.45. The molecule has 0 radical (unpaired) electrons. The molecule has 1 saturated carbocycles. The standard InChI is InChI=1S/C21H20ClFN4O3S2/c1-2-24-32(29,30)15-8-9-17(23)16(12-15)18(28)25-20-27-26-19(31-20)21(10-3-11-21)13-4-6-14(22)7-5-13/h4-9,12,24H,2-3,10-11H2,1H3,(H,25,27,28). The van der Waals surface area contributed by atoms with E-state index in [1.165, 1.54) is 11.3 Å². The van der Waals surface area contributed by atoms with E-state index in [0.29, 0.717) is 5.02 Å². The molecule has 11 heteroatoms. The fourth-order valence-corrected chi connectivity index (χ4v) is 5.88. The molecule has 2 N–H and O–H groups in total. The number of benzene rings is 2. The van der Waals surface area contributed by atoms with Crippen molar-refractivity contribution in [1.82, 2.24) is 14.9 Å². The maximum atomic E-state index is 14.3. The van der Waals surface area contributed by atoms with Gasteiger partial charge in [-0.25, -0.2) is 17.5 Å². The highest BCUT2D eigenvalue weighted by Gasteiger charge is 2.43. The van der Waals surface area contributed by atoms with Gasteiger partial charge in [-0.15, -0.1) is 10.2 Å². The van der Waals surface area contributed by atoms with Crippen LogP contribution in [-0.2, 0) is 15.4 Å². The number of nitrogens with zero attached hydrogens (tertiary/aromatic N) is 2. The summed E-state index contributed by atoms with van der Waals surface area (Å²) in [4.78, 5) is 12.5. The Morgan fingerprint density at radius 3 is 2.53 bits per heavy atom. The van der Waals surface area contributed by atoms with Crippen LogP contribution in [-0.4, -0.2) is 31.1 Å². The van der Waals surface area contributed by atoms with E-state index in [2.05, 4.69) is 20.2 Å². The molecule has 0 aliphatic heterocycles. The van der Waals surface area contributed by atoms with E-state index in [0.717, 1.165) is 48.0 Å². The number of hydrogen-bond acceptors (Lipinski definition) is 6. The third-order valence-electron chi connectivity index (χ3n) is 5.49. The minimum absolute atomic E-state index is 0.171. The van der Waals surface area contributed by atoms with Crippen LogP contribution in [0.4, 0.5) is 9.52 Å². The summed E-state index contributed by atoms with van der Waals surface area (Å²) in [5.41, 5.74) is 0.405. The van der Waals surface area contributed by atoms with Crippen LogP contribution in [0.1, 0.15) is 47.1 Å². The molecule has 1 amide bonds. The number of nitrogens with one attached hydrogen (secondary N) is 2. The van der Waals surface area contributed by atoms with E-state index in [-0.39, 0.29) is 22.0 Å². The van der Waals surface area contributed by atoms with Gasteiger partial charge in [0.05, 0.1) is 10.5 Å². The lowest BCUT2D eigenvalue weighted by Crippen LogP contribution is -2.35. The second kappa shape index (κ2) is 8.86. The molecule has 0 atom stereocenters. The Morgan fingerprint density at radius 2 is 1.91 bits per heavy atom. The molecule has 0 saturated heterocycles. The van der Waals surface area contributed by atoms with Crippen LogP contribution in [0.3, 0.4) is 0 Å². The molecule has 2 aromatic carbocycles. The molecule has 7 nitrogen and oxygen atoms in total. The Bertz CT molecular complexity index is 1260. The first-order valence-corrected chi connectivity index (χ1v) is 12.6. The first-order valence-electron chi connectivity index (χ1n) is 9.96. The average Bonchev–Trinajstić information content (AvgIpc) is 3.17. The SMILES string of the molecule is CCNS(=O)(=O)c1ccc(F)c(C(=O)Nc2nnc(C3(c4ccc(Cl)cc4)CCC3)s2)c1. The summed E-state index contributed by atoms with van der Waals surface area (Å²) in [6.45, 7) is 1.80. The Labute approximate surface area is 194 Å². The Balaban J connectivity index is 1.58. The zero-order valence-electron chi connectivity index (χ0n) is 17.1. The summed E-state index contributed by atoms with van der Waals surface area (Å²) in [5.74, 6) is -1.63. The third kappa shape index (κ3) is 4.27. The highest BCUT2D eigenvalue weighted by Crippen LogP contribution is 2.50. The minimum Gasteiger partial charge on any atom is -0.296 e. The van der Waals surface area contributed by atoms with Gasteiger partial charge in [-0.2, -0.15) is 0 Å². The predicted molar refractivity (Wildman–Crippen MR) is 121 cm³/mol. The third-order valence-corrected chi connectivity index (χ3v) is 8.32.